The molecule has 2 rings (SSSR count). The summed E-state index contributed by atoms with van der Waals surface area (Å²) < 4.78 is 1.02. The SMILES string of the molecule is C[C@H](NC(=O)C1(CN)CCC1)c1ccccc1Br. The molecule has 1 atom stereocenters. The number of carbonyl (C=O) groups excluding carboxylic acids is 1. The van der Waals surface area contributed by atoms with Gasteiger partial charge in [-0.3, -0.25) is 4.79 Å². The summed E-state index contributed by atoms with van der Waals surface area (Å²) in [4.78, 5) is 12.3. The van der Waals surface area contributed by atoms with Crippen LogP contribution in [0.2, 0.25) is 0 Å². The molecule has 98 valence electrons. The molecular weight excluding hydrogens is 292 g/mol. The van der Waals surface area contributed by atoms with Crippen LogP contribution in [0.3, 0.4) is 0 Å². The summed E-state index contributed by atoms with van der Waals surface area (Å²) in [5.74, 6) is 0.0968. The highest BCUT2D eigenvalue weighted by molar-refractivity contribution is 9.10. The molecule has 1 fully saturated rings. The summed E-state index contributed by atoms with van der Waals surface area (Å²) in [5.41, 5.74) is 6.53. The zero-order valence-electron chi connectivity index (χ0n) is 10.6. The molecule has 0 heterocycles. The van der Waals surface area contributed by atoms with Crippen molar-refractivity contribution in [3.8, 4) is 0 Å². The third-order valence-electron chi connectivity index (χ3n) is 3.90. The van der Waals surface area contributed by atoms with Gasteiger partial charge in [-0.25, -0.2) is 0 Å². The standard InChI is InChI=1S/C14H19BrN2O/c1-10(11-5-2-3-6-12(11)15)17-13(18)14(9-16)7-4-8-14/h2-3,5-6,10H,4,7-9,16H2,1H3,(H,17,18)/t10-/m0/s1. The van der Waals surface area contributed by atoms with Crippen LogP contribution in [0.4, 0.5) is 0 Å². The number of hydrogen-bond acceptors (Lipinski definition) is 2. The summed E-state index contributed by atoms with van der Waals surface area (Å²) in [5, 5.41) is 3.08. The first kappa shape index (κ1) is 13.6. The van der Waals surface area contributed by atoms with Gasteiger partial charge in [0.25, 0.3) is 0 Å². The molecule has 1 aliphatic rings. The first-order valence-electron chi connectivity index (χ1n) is 6.34. The lowest BCUT2D eigenvalue weighted by Crippen LogP contribution is -2.50. The Kier molecular flexibility index (Phi) is 4.07. The van der Waals surface area contributed by atoms with Crippen LogP contribution in [0.15, 0.2) is 28.7 Å². The number of hydrogen-bond donors (Lipinski definition) is 2. The third-order valence-corrected chi connectivity index (χ3v) is 4.62. The number of nitrogens with two attached hydrogens (primary N) is 1. The lowest BCUT2D eigenvalue weighted by molar-refractivity contribution is -0.135. The summed E-state index contributed by atoms with van der Waals surface area (Å²) in [6.45, 7) is 2.45. The monoisotopic (exact) mass is 310 g/mol. The van der Waals surface area contributed by atoms with Gasteiger partial charge in [-0.1, -0.05) is 40.5 Å². The minimum atomic E-state index is -0.310. The van der Waals surface area contributed by atoms with Gasteiger partial charge >= 0.3 is 0 Å². The van der Waals surface area contributed by atoms with Gasteiger partial charge in [0, 0.05) is 11.0 Å². The van der Waals surface area contributed by atoms with E-state index in [0.29, 0.717) is 6.54 Å². The second kappa shape index (κ2) is 5.41. The molecule has 3 N–H and O–H groups in total. The Labute approximate surface area is 116 Å². The van der Waals surface area contributed by atoms with E-state index in [0.717, 1.165) is 29.3 Å². The molecule has 0 saturated heterocycles. The number of carbonyl (C=O) groups is 1. The molecule has 0 aromatic heterocycles. The van der Waals surface area contributed by atoms with E-state index in [9.17, 15) is 4.79 Å². The minimum absolute atomic E-state index is 0.00269. The Balaban J connectivity index is 2.06. The fourth-order valence-electron chi connectivity index (χ4n) is 2.38. The van der Waals surface area contributed by atoms with E-state index < -0.39 is 0 Å². The van der Waals surface area contributed by atoms with E-state index >= 15 is 0 Å². The third kappa shape index (κ3) is 2.45. The fourth-order valence-corrected chi connectivity index (χ4v) is 3.01. The van der Waals surface area contributed by atoms with E-state index in [4.69, 9.17) is 5.73 Å². The Bertz CT molecular complexity index is 438. The predicted octanol–water partition coefficient (Wildman–Crippen LogP) is 2.76. The number of halogens is 1. The van der Waals surface area contributed by atoms with Gasteiger partial charge in [0.1, 0.15) is 0 Å². The zero-order chi connectivity index (χ0) is 13.2. The number of benzene rings is 1. The van der Waals surface area contributed by atoms with Crippen LogP contribution in [0.25, 0.3) is 0 Å². The molecule has 0 unspecified atom stereocenters. The lowest BCUT2D eigenvalue weighted by atomic mass is 9.68. The van der Waals surface area contributed by atoms with Crippen molar-refractivity contribution in [3.63, 3.8) is 0 Å². The first-order chi connectivity index (χ1) is 8.59. The van der Waals surface area contributed by atoms with Crippen molar-refractivity contribution in [2.45, 2.75) is 32.2 Å². The average molecular weight is 311 g/mol. The molecule has 1 saturated carbocycles. The molecular formula is C14H19BrN2O. The maximum Gasteiger partial charge on any atom is 0.227 e. The van der Waals surface area contributed by atoms with Crippen LogP contribution < -0.4 is 11.1 Å². The van der Waals surface area contributed by atoms with Crippen molar-refractivity contribution in [2.24, 2.45) is 11.1 Å². The zero-order valence-corrected chi connectivity index (χ0v) is 12.2. The normalized spacial score (nSPS) is 18.8. The van der Waals surface area contributed by atoms with Crippen LogP contribution in [-0.2, 0) is 4.79 Å². The molecule has 3 nitrogen and oxygen atoms in total. The largest absolute Gasteiger partial charge is 0.349 e. The summed E-state index contributed by atoms with van der Waals surface area (Å²) in [6, 6.07) is 7.95. The quantitative estimate of drug-likeness (QED) is 0.898. The lowest BCUT2D eigenvalue weighted by Gasteiger charge is -2.40. The molecule has 1 amide bonds. The van der Waals surface area contributed by atoms with Crippen LogP contribution in [-0.4, -0.2) is 12.5 Å². The van der Waals surface area contributed by atoms with Crippen molar-refractivity contribution in [1.29, 1.82) is 0 Å². The number of amides is 1. The van der Waals surface area contributed by atoms with Crippen molar-refractivity contribution in [3.05, 3.63) is 34.3 Å². The molecule has 1 aromatic carbocycles. The fraction of sp³-hybridized carbons (Fsp3) is 0.500. The van der Waals surface area contributed by atoms with Gasteiger partial charge in [0.15, 0.2) is 0 Å². The predicted molar refractivity (Wildman–Crippen MR) is 76.0 cm³/mol. The van der Waals surface area contributed by atoms with E-state index in [1.54, 1.807) is 0 Å². The highest BCUT2D eigenvalue weighted by Crippen LogP contribution is 2.40. The topological polar surface area (TPSA) is 55.1 Å². The molecule has 1 aromatic rings. The molecule has 0 aliphatic heterocycles. The van der Waals surface area contributed by atoms with Crippen molar-refractivity contribution >= 4 is 21.8 Å². The second-order valence-corrected chi connectivity index (χ2v) is 5.91. The minimum Gasteiger partial charge on any atom is -0.349 e. The number of nitrogens with one attached hydrogen (secondary N) is 1. The van der Waals surface area contributed by atoms with Crippen LogP contribution in [0.1, 0.15) is 37.8 Å². The first-order valence-corrected chi connectivity index (χ1v) is 7.14. The van der Waals surface area contributed by atoms with Crippen molar-refractivity contribution in [1.82, 2.24) is 5.32 Å². The maximum atomic E-state index is 12.3. The molecule has 1 aliphatic carbocycles. The average Bonchev–Trinajstić information content (AvgIpc) is 2.28. The maximum absolute atomic E-state index is 12.3. The van der Waals surface area contributed by atoms with Gasteiger partial charge in [0.2, 0.25) is 5.91 Å². The molecule has 0 spiro atoms. The van der Waals surface area contributed by atoms with Gasteiger partial charge in [0.05, 0.1) is 11.5 Å². The van der Waals surface area contributed by atoms with Crippen LogP contribution in [0.5, 0.6) is 0 Å². The Morgan fingerprint density at radius 2 is 2.17 bits per heavy atom. The van der Waals surface area contributed by atoms with E-state index in [-0.39, 0.29) is 17.4 Å². The number of rotatable bonds is 4. The van der Waals surface area contributed by atoms with Crippen molar-refractivity contribution < 1.29 is 4.79 Å². The van der Waals surface area contributed by atoms with Crippen LogP contribution >= 0.6 is 15.9 Å². The second-order valence-electron chi connectivity index (χ2n) is 5.05. The Morgan fingerprint density at radius 3 is 2.67 bits per heavy atom. The van der Waals surface area contributed by atoms with Gasteiger partial charge in [-0.2, -0.15) is 0 Å². The smallest absolute Gasteiger partial charge is 0.227 e. The molecule has 4 heteroatoms. The van der Waals surface area contributed by atoms with Crippen LogP contribution in [0, 0.1) is 5.41 Å². The van der Waals surface area contributed by atoms with E-state index in [2.05, 4.69) is 21.2 Å². The van der Waals surface area contributed by atoms with Gasteiger partial charge in [-0.05, 0) is 31.4 Å². The van der Waals surface area contributed by atoms with Crippen molar-refractivity contribution in [2.75, 3.05) is 6.54 Å². The molecule has 0 radical (unpaired) electrons. The summed E-state index contributed by atoms with van der Waals surface area (Å²) >= 11 is 3.51. The van der Waals surface area contributed by atoms with Gasteiger partial charge < -0.3 is 11.1 Å². The van der Waals surface area contributed by atoms with E-state index in [1.165, 1.54) is 0 Å². The Hall–Kier alpha value is -0.870. The molecule has 0 bridgehead atoms. The molecule has 18 heavy (non-hydrogen) atoms. The summed E-state index contributed by atoms with van der Waals surface area (Å²) in [7, 11) is 0. The highest BCUT2D eigenvalue weighted by Gasteiger charge is 2.43. The van der Waals surface area contributed by atoms with E-state index in [1.807, 2.05) is 31.2 Å². The van der Waals surface area contributed by atoms with Gasteiger partial charge in [-0.15, -0.1) is 0 Å². The summed E-state index contributed by atoms with van der Waals surface area (Å²) in [6.07, 6.45) is 2.93. The Morgan fingerprint density at radius 1 is 1.50 bits per heavy atom. The highest BCUT2D eigenvalue weighted by atomic mass is 79.9.